The van der Waals surface area contributed by atoms with E-state index in [9.17, 15) is 8.42 Å². The van der Waals surface area contributed by atoms with Crippen LogP contribution in [-0.2, 0) is 16.4 Å². The molecule has 0 fully saturated rings. The first-order valence-electron chi connectivity index (χ1n) is 9.30. The van der Waals surface area contributed by atoms with E-state index < -0.39 is 10.0 Å². The van der Waals surface area contributed by atoms with E-state index in [4.69, 9.17) is 4.98 Å². The lowest BCUT2D eigenvalue weighted by atomic mass is 10.00. The highest BCUT2D eigenvalue weighted by Crippen LogP contribution is 2.34. The summed E-state index contributed by atoms with van der Waals surface area (Å²) >= 11 is 1.58. The Morgan fingerprint density at radius 1 is 1.18 bits per heavy atom. The molecule has 0 bridgehead atoms. The molecule has 1 atom stereocenters. The number of benzene rings is 2. The van der Waals surface area contributed by atoms with Crippen molar-refractivity contribution >= 4 is 32.2 Å². The van der Waals surface area contributed by atoms with Crippen molar-refractivity contribution < 1.29 is 8.42 Å². The number of hydrogen-bond acceptors (Lipinski definition) is 5. The minimum Gasteiger partial charge on any atom is -0.355 e. The summed E-state index contributed by atoms with van der Waals surface area (Å²) in [5.74, 6) is 0. The molecule has 146 valence electrons. The van der Waals surface area contributed by atoms with Crippen LogP contribution in [0.5, 0.6) is 0 Å². The molecular weight excluding hydrogens is 390 g/mol. The van der Waals surface area contributed by atoms with Crippen LogP contribution in [0.25, 0.3) is 11.3 Å². The summed E-state index contributed by atoms with van der Waals surface area (Å²) in [6, 6.07) is 16.4. The first kappa shape index (κ1) is 19.0. The zero-order valence-corrected chi connectivity index (χ0v) is 17.6. The Bertz CT molecular complexity index is 1080. The van der Waals surface area contributed by atoms with Gasteiger partial charge in [0, 0.05) is 17.5 Å². The van der Waals surface area contributed by atoms with E-state index in [1.807, 2.05) is 35.7 Å². The first-order chi connectivity index (χ1) is 13.4. The number of aryl methyl sites for hydroxylation is 1. The summed E-state index contributed by atoms with van der Waals surface area (Å²) in [5, 5.41) is 6.37. The molecule has 1 aliphatic rings. The smallest absolute Gasteiger partial charge is 0.232 e. The van der Waals surface area contributed by atoms with Crippen molar-refractivity contribution in [3.05, 3.63) is 65.0 Å². The van der Waals surface area contributed by atoms with Crippen LogP contribution < -0.4 is 9.62 Å². The summed E-state index contributed by atoms with van der Waals surface area (Å²) < 4.78 is 25.6. The average Bonchev–Trinajstić information content (AvgIpc) is 3.15. The fraction of sp³-hybridized carbons (Fsp3) is 0.286. The van der Waals surface area contributed by atoms with E-state index in [2.05, 4.69) is 30.4 Å². The minimum atomic E-state index is -3.24. The maximum atomic E-state index is 12.0. The minimum absolute atomic E-state index is 0.173. The number of fused-ring (bicyclic) bond motifs is 1. The number of nitrogens with one attached hydrogen (secondary N) is 1. The van der Waals surface area contributed by atoms with Gasteiger partial charge in [0.25, 0.3) is 0 Å². The highest BCUT2D eigenvalue weighted by Gasteiger charge is 2.24. The zero-order valence-electron chi connectivity index (χ0n) is 15.9. The largest absolute Gasteiger partial charge is 0.355 e. The Kier molecular flexibility index (Phi) is 5.12. The predicted molar refractivity (Wildman–Crippen MR) is 117 cm³/mol. The Balaban J connectivity index is 1.56. The molecule has 7 heteroatoms. The van der Waals surface area contributed by atoms with Crippen molar-refractivity contribution in [1.29, 1.82) is 0 Å². The van der Waals surface area contributed by atoms with Crippen LogP contribution in [0.3, 0.4) is 0 Å². The third-order valence-electron chi connectivity index (χ3n) is 5.00. The fourth-order valence-corrected chi connectivity index (χ4v) is 5.35. The summed E-state index contributed by atoms with van der Waals surface area (Å²) in [6.45, 7) is 2.67. The van der Waals surface area contributed by atoms with Crippen LogP contribution in [0.1, 0.15) is 30.5 Å². The van der Waals surface area contributed by atoms with Gasteiger partial charge in [-0.05, 0) is 43.0 Å². The van der Waals surface area contributed by atoms with E-state index >= 15 is 0 Å². The number of sulfonamides is 1. The summed E-state index contributed by atoms with van der Waals surface area (Å²) in [5.41, 5.74) is 5.00. The van der Waals surface area contributed by atoms with E-state index in [0.29, 0.717) is 6.54 Å². The van der Waals surface area contributed by atoms with E-state index in [0.717, 1.165) is 40.5 Å². The standard InChI is InChI=1S/C21H23N3O2S2/c1-15(16-7-4-3-5-8-16)22-21-23-19(14-27-21)17-10-11-20-18(13-17)9-6-12-24(20)28(2,25)26/h3-5,7-8,10-11,13-15H,6,9,12H2,1-2H3,(H,22,23)/t15-/m1/s1. The van der Waals surface area contributed by atoms with Gasteiger partial charge >= 0.3 is 0 Å². The molecule has 0 saturated carbocycles. The van der Waals surface area contributed by atoms with Gasteiger partial charge in [-0.15, -0.1) is 11.3 Å². The van der Waals surface area contributed by atoms with Crippen molar-refractivity contribution in [2.24, 2.45) is 0 Å². The van der Waals surface area contributed by atoms with Gasteiger partial charge in [-0.25, -0.2) is 13.4 Å². The monoisotopic (exact) mass is 413 g/mol. The van der Waals surface area contributed by atoms with Gasteiger partial charge in [0.1, 0.15) is 0 Å². The van der Waals surface area contributed by atoms with Crippen molar-refractivity contribution in [2.75, 3.05) is 22.4 Å². The van der Waals surface area contributed by atoms with Crippen molar-refractivity contribution in [3.63, 3.8) is 0 Å². The molecule has 0 amide bonds. The zero-order chi connectivity index (χ0) is 19.7. The summed E-state index contributed by atoms with van der Waals surface area (Å²) in [6.07, 6.45) is 2.99. The highest BCUT2D eigenvalue weighted by atomic mass is 32.2. The second-order valence-corrected chi connectivity index (χ2v) is 9.86. The Labute approximate surface area is 170 Å². The normalized spacial score (nSPS) is 15.1. The second-order valence-electron chi connectivity index (χ2n) is 7.10. The van der Waals surface area contributed by atoms with Crippen LogP contribution in [0.4, 0.5) is 10.8 Å². The quantitative estimate of drug-likeness (QED) is 0.659. The Hall–Kier alpha value is -2.38. The molecule has 1 aromatic heterocycles. The van der Waals surface area contributed by atoms with Crippen molar-refractivity contribution in [3.8, 4) is 11.3 Å². The number of hydrogen-bond donors (Lipinski definition) is 1. The molecular formula is C21H23N3O2S2. The van der Waals surface area contributed by atoms with E-state index in [1.165, 1.54) is 16.1 Å². The maximum Gasteiger partial charge on any atom is 0.232 e. The molecule has 0 radical (unpaired) electrons. The molecule has 28 heavy (non-hydrogen) atoms. The highest BCUT2D eigenvalue weighted by molar-refractivity contribution is 7.92. The molecule has 1 N–H and O–H groups in total. The third kappa shape index (κ3) is 3.91. The van der Waals surface area contributed by atoms with E-state index in [1.54, 1.807) is 11.3 Å². The lowest BCUT2D eigenvalue weighted by Crippen LogP contribution is -2.34. The number of rotatable bonds is 5. The van der Waals surface area contributed by atoms with Gasteiger partial charge in [0.2, 0.25) is 10.0 Å². The lowest BCUT2D eigenvalue weighted by Gasteiger charge is -2.29. The van der Waals surface area contributed by atoms with Gasteiger partial charge in [0.15, 0.2) is 5.13 Å². The lowest BCUT2D eigenvalue weighted by molar-refractivity contribution is 0.592. The van der Waals surface area contributed by atoms with Gasteiger partial charge in [-0.1, -0.05) is 36.4 Å². The van der Waals surface area contributed by atoms with Crippen molar-refractivity contribution in [1.82, 2.24) is 4.98 Å². The van der Waals surface area contributed by atoms with Crippen LogP contribution in [0.15, 0.2) is 53.9 Å². The second kappa shape index (κ2) is 7.56. The fourth-order valence-electron chi connectivity index (χ4n) is 3.55. The molecule has 0 aliphatic carbocycles. The van der Waals surface area contributed by atoms with Crippen LogP contribution in [0, 0.1) is 0 Å². The number of anilines is 2. The molecule has 1 aliphatic heterocycles. The summed E-state index contributed by atoms with van der Waals surface area (Å²) in [7, 11) is -3.24. The van der Waals surface area contributed by atoms with Gasteiger partial charge in [0.05, 0.1) is 23.7 Å². The number of nitrogens with zero attached hydrogens (tertiary/aromatic N) is 2. The maximum absolute atomic E-state index is 12.0. The summed E-state index contributed by atoms with van der Waals surface area (Å²) in [4.78, 5) is 4.74. The molecule has 0 saturated heterocycles. The molecule has 2 aromatic carbocycles. The molecule has 4 rings (SSSR count). The first-order valence-corrected chi connectivity index (χ1v) is 12.0. The van der Waals surface area contributed by atoms with Crippen LogP contribution >= 0.6 is 11.3 Å². The molecule has 0 spiro atoms. The average molecular weight is 414 g/mol. The van der Waals surface area contributed by atoms with Crippen LogP contribution in [-0.4, -0.2) is 26.2 Å². The SMILES string of the molecule is C[C@@H](Nc1nc(-c2ccc3c(c2)CCCN3S(C)(=O)=O)cs1)c1ccccc1. The molecule has 2 heterocycles. The van der Waals surface area contributed by atoms with Crippen molar-refractivity contribution in [2.45, 2.75) is 25.8 Å². The molecule has 3 aromatic rings. The third-order valence-corrected chi connectivity index (χ3v) is 6.95. The predicted octanol–water partition coefficient (Wildman–Crippen LogP) is 4.70. The van der Waals surface area contributed by atoms with Crippen LogP contribution in [0.2, 0.25) is 0 Å². The van der Waals surface area contributed by atoms with Gasteiger partial charge < -0.3 is 5.32 Å². The Morgan fingerprint density at radius 2 is 1.96 bits per heavy atom. The van der Waals surface area contributed by atoms with E-state index in [-0.39, 0.29) is 6.04 Å². The Morgan fingerprint density at radius 3 is 2.71 bits per heavy atom. The number of thiazole rings is 1. The molecule has 0 unspecified atom stereocenters. The topological polar surface area (TPSA) is 62.3 Å². The van der Waals surface area contributed by atoms with Gasteiger partial charge in [-0.2, -0.15) is 0 Å². The number of aromatic nitrogens is 1. The molecule has 5 nitrogen and oxygen atoms in total. The van der Waals surface area contributed by atoms with Gasteiger partial charge in [-0.3, -0.25) is 4.31 Å².